The molecule has 2 rings (SSSR count). The Morgan fingerprint density at radius 3 is 1.81 bits per heavy atom. The van der Waals surface area contributed by atoms with Crippen molar-refractivity contribution >= 4 is 11.9 Å². The second kappa shape index (κ2) is 10.0. The summed E-state index contributed by atoms with van der Waals surface area (Å²) in [5, 5.41) is 21.8. The van der Waals surface area contributed by atoms with Gasteiger partial charge in [-0.2, -0.15) is 26.3 Å². The van der Waals surface area contributed by atoms with Crippen molar-refractivity contribution in [3.63, 3.8) is 0 Å². The highest BCUT2D eigenvalue weighted by Gasteiger charge is 2.38. The fourth-order valence-electron chi connectivity index (χ4n) is 0.942. The molecule has 15 heteroatoms. The number of pyridine rings is 1. The summed E-state index contributed by atoms with van der Waals surface area (Å²) < 4.78 is 68.7. The van der Waals surface area contributed by atoms with Gasteiger partial charge in [0.25, 0.3) is 0 Å². The zero-order chi connectivity index (χ0) is 21.3. The van der Waals surface area contributed by atoms with Crippen molar-refractivity contribution in [2.75, 3.05) is 0 Å². The zero-order valence-corrected chi connectivity index (χ0v) is 12.8. The minimum Gasteiger partial charge on any atom is -0.475 e. The van der Waals surface area contributed by atoms with Crippen LogP contribution in [-0.4, -0.2) is 49.7 Å². The number of hydrogen-bond acceptors (Lipinski definition) is 7. The molecule has 0 bridgehead atoms. The molecule has 0 saturated heterocycles. The van der Waals surface area contributed by atoms with E-state index in [1.165, 1.54) is 0 Å². The van der Waals surface area contributed by atoms with Crippen molar-refractivity contribution in [3.8, 4) is 11.5 Å². The van der Waals surface area contributed by atoms with Crippen LogP contribution in [0.4, 0.5) is 26.3 Å². The van der Waals surface area contributed by atoms with Gasteiger partial charge in [-0.15, -0.1) is 10.2 Å². The van der Waals surface area contributed by atoms with Gasteiger partial charge in [0, 0.05) is 12.4 Å². The lowest BCUT2D eigenvalue weighted by atomic mass is 10.3. The number of aromatic nitrogens is 3. The molecule has 0 amide bonds. The second-order valence-electron chi connectivity index (χ2n) is 4.05. The first-order valence-electron chi connectivity index (χ1n) is 6.32. The van der Waals surface area contributed by atoms with Gasteiger partial charge in [0.1, 0.15) is 0 Å². The number of hydrogen-bond donors (Lipinski definition) is 3. The summed E-state index contributed by atoms with van der Waals surface area (Å²) >= 11 is 0. The van der Waals surface area contributed by atoms with E-state index >= 15 is 0 Å². The Morgan fingerprint density at radius 2 is 1.52 bits per heavy atom. The molecule has 0 aliphatic carbocycles. The number of halogens is 6. The molecular formula is C12H10F6N4O5. The van der Waals surface area contributed by atoms with Crippen molar-refractivity contribution < 1.29 is 50.6 Å². The van der Waals surface area contributed by atoms with Crippen molar-refractivity contribution in [2.45, 2.75) is 18.9 Å². The summed E-state index contributed by atoms with van der Waals surface area (Å²) in [6.07, 6.45) is -6.82. The Morgan fingerprint density at radius 1 is 1.04 bits per heavy atom. The molecule has 0 atom stereocenters. The maximum atomic E-state index is 10.6. The number of alkyl halides is 6. The Kier molecular flexibility index (Phi) is 8.85. The highest BCUT2D eigenvalue weighted by atomic mass is 19.4. The summed E-state index contributed by atoms with van der Waals surface area (Å²) in [7, 11) is 0. The SMILES string of the molecule is NCc1nnc(-c2cccnc2)o1.O=C(O)C(F)(F)F.O=C(O)C(F)(F)F. The van der Waals surface area contributed by atoms with Crippen LogP contribution in [-0.2, 0) is 16.1 Å². The molecule has 2 heterocycles. The molecule has 150 valence electrons. The van der Waals surface area contributed by atoms with Gasteiger partial charge >= 0.3 is 24.3 Å². The molecule has 0 radical (unpaired) electrons. The van der Waals surface area contributed by atoms with E-state index in [-0.39, 0.29) is 6.54 Å². The number of carboxylic acid groups (broad SMARTS) is 2. The van der Waals surface area contributed by atoms with E-state index in [9.17, 15) is 26.3 Å². The lowest BCUT2D eigenvalue weighted by molar-refractivity contribution is -0.193. The number of rotatable bonds is 2. The van der Waals surface area contributed by atoms with Gasteiger partial charge in [-0.3, -0.25) is 4.98 Å². The fourth-order valence-corrected chi connectivity index (χ4v) is 0.942. The summed E-state index contributed by atoms with van der Waals surface area (Å²) in [4.78, 5) is 21.7. The maximum absolute atomic E-state index is 10.6. The van der Waals surface area contributed by atoms with E-state index in [0.29, 0.717) is 11.8 Å². The van der Waals surface area contributed by atoms with E-state index in [1.807, 2.05) is 12.1 Å². The fraction of sp³-hybridized carbons (Fsp3) is 0.250. The monoisotopic (exact) mass is 404 g/mol. The summed E-state index contributed by atoms with van der Waals surface area (Å²) in [6.45, 7) is 0.257. The molecule has 0 aromatic carbocycles. The van der Waals surface area contributed by atoms with Crippen molar-refractivity contribution in [1.82, 2.24) is 15.2 Å². The van der Waals surface area contributed by atoms with Gasteiger partial charge in [-0.05, 0) is 12.1 Å². The predicted octanol–water partition coefficient (Wildman–Crippen LogP) is 1.86. The summed E-state index contributed by atoms with van der Waals surface area (Å²) in [6, 6.07) is 3.66. The average molecular weight is 404 g/mol. The largest absolute Gasteiger partial charge is 0.490 e. The first kappa shape index (κ1) is 23.8. The highest BCUT2D eigenvalue weighted by Crippen LogP contribution is 2.15. The molecule has 2 aromatic rings. The lowest BCUT2D eigenvalue weighted by Crippen LogP contribution is -2.21. The summed E-state index contributed by atoms with van der Waals surface area (Å²) in [5.74, 6) is -4.63. The topological polar surface area (TPSA) is 152 Å². The van der Waals surface area contributed by atoms with Crippen molar-refractivity contribution in [2.24, 2.45) is 5.73 Å². The Balaban J connectivity index is 0.000000416. The van der Waals surface area contributed by atoms with Gasteiger partial charge in [0.2, 0.25) is 11.8 Å². The highest BCUT2D eigenvalue weighted by molar-refractivity contribution is 5.73. The third-order valence-corrected chi connectivity index (χ3v) is 2.03. The predicted molar refractivity (Wildman–Crippen MR) is 72.8 cm³/mol. The zero-order valence-electron chi connectivity index (χ0n) is 12.8. The first-order chi connectivity index (χ1) is 12.3. The second-order valence-corrected chi connectivity index (χ2v) is 4.05. The minimum atomic E-state index is -5.08. The van der Waals surface area contributed by atoms with Crippen LogP contribution >= 0.6 is 0 Å². The molecule has 4 N–H and O–H groups in total. The molecule has 9 nitrogen and oxygen atoms in total. The van der Waals surface area contributed by atoms with E-state index in [4.69, 9.17) is 30.0 Å². The van der Waals surface area contributed by atoms with Gasteiger partial charge in [-0.25, -0.2) is 9.59 Å². The van der Waals surface area contributed by atoms with Crippen LogP contribution in [0, 0.1) is 0 Å². The third-order valence-electron chi connectivity index (χ3n) is 2.03. The van der Waals surface area contributed by atoms with Crippen LogP contribution in [0.2, 0.25) is 0 Å². The molecule has 0 spiro atoms. The van der Waals surface area contributed by atoms with Crippen LogP contribution in [0.15, 0.2) is 28.9 Å². The number of carboxylic acids is 2. The number of aliphatic carboxylic acids is 2. The standard InChI is InChI=1S/C8H8N4O.2C2HF3O2/c9-4-7-11-12-8(13-7)6-2-1-3-10-5-6;2*3-2(4,5)1(6)7/h1-3,5H,4,9H2;2*(H,6,7). The number of carbonyl (C=O) groups is 2. The number of nitrogens with zero attached hydrogens (tertiary/aromatic N) is 3. The summed E-state index contributed by atoms with van der Waals surface area (Å²) in [5.41, 5.74) is 6.13. The van der Waals surface area contributed by atoms with E-state index in [0.717, 1.165) is 5.56 Å². The number of nitrogens with two attached hydrogens (primary N) is 1. The molecular weight excluding hydrogens is 394 g/mol. The smallest absolute Gasteiger partial charge is 0.475 e. The van der Waals surface area contributed by atoms with E-state index < -0.39 is 24.3 Å². The molecule has 2 aromatic heterocycles. The third kappa shape index (κ3) is 9.73. The Hall–Kier alpha value is -3.23. The van der Waals surface area contributed by atoms with E-state index in [1.54, 1.807) is 12.4 Å². The molecule has 0 unspecified atom stereocenters. The van der Waals surface area contributed by atoms with Crippen LogP contribution in [0.3, 0.4) is 0 Å². The van der Waals surface area contributed by atoms with Crippen molar-refractivity contribution in [1.29, 1.82) is 0 Å². The van der Waals surface area contributed by atoms with Gasteiger partial charge in [-0.1, -0.05) is 0 Å². The Labute approximate surface area is 145 Å². The molecule has 0 aliphatic heterocycles. The van der Waals surface area contributed by atoms with Crippen LogP contribution < -0.4 is 5.73 Å². The molecule has 0 saturated carbocycles. The Bertz CT molecular complexity index is 708. The molecule has 0 aliphatic rings. The van der Waals surface area contributed by atoms with Crippen LogP contribution in [0.5, 0.6) is 0 Å². The molecule has 27 heavy (non-hydrogen) atoms. The van der Waals surface area contributed by atoms with Crippen LogP contribution in [0.25, 0.3) is 11.5 Å². The molecule has 0 fully saturated rings. The lowest BCUT2D eigenvalue weighted by Gasteiger charge is -1.93. The van der Waals surface area contributed by atoms with Gasteiger partial charge in [0.15, 0.2) is 0 Å². The van der Waals surface area contributed by atoms with Crippen molar-refractivity contribution in [3.05, 3.63) is 30.4 Å². The van der Waals surface area contributed by atoms with Crippen LogP contribution in [0.1, 0.15) is 5.89 Å². The average Bonchev–Trinajstić information content (AvgIpc) is 3.04. The normalized spacial score (nSPS) is 10.8. The van der Waals surface area contributed by atoms with E-state index in [2.05, 4.69) is 15.2 Å². The van der Waals surface area contributed by atoms with Gasteiger partial charge in [0.05, 0.1) is 12.1 Å². The first-order valence-corrected chi connectivity index (χ1v) is 6.32. The van der Waals surface area contributed by atoms with Gasteiger partial charge < -0.3 is 20.4 Å². The quantitative estimate of drug-likeness (QED) is 0.637. The minimum absolute atomic E-state index is 0.257. The maximum Gasteiger partial charge on any atom is 0.490 e.